The van der Waals surface area contributed by atoms with Crippen LogP contribution in [0.15, 0.2) is 24.3 Å². The minimum Gasteiger partial charge on any atom is -0.395 e. The number of aliphatic hydroxyl groups excluding tert-OH is 2. The zero-order valence-electron chi connectivity index (χ0n) is 19.9. The molecule has 8 heteroatoms. The predicted molar refractivity (Wildman–Crippen MR) is 131 cm³/mol. The molecule has 1 amide bonds. The van der Waals surface area contributed by atoms with Crippen LogP contribution in [0.4, 0.5) is 5.69 Å². The van der Waals surface area contributed by atoms with Gasteiger partial charge in [0.1, 0.15) is 11.8 Å². The van der Waals surface area contributed by atoms with E-state index in [0.29, 0.717) is 18.9 Å². The van der Waals surface area contributed by atoms with Crippen LogP contribution in [0, 0.1) is 11.3 Å². The van der Waals surface area contributed by atoms with Crippen LogP contribution in [0.5, 0.6) is 0 Å². The molecular weight excluding hydrogens is 432 g/mol. The number of carbonyl (C=O) groups is 1. The number of anilines is 1. The molecule has 4 N–H and O–H groups in total. The highest BCUT2D eigenvalue weighted by Crippen LogP contribution is 2.38. The molecule has 2 aromatic heterocycles. The summed E-state index contributed by atoms with van der Waals surface area (Å²) in [5.74, 6) is -0.626. The van der Waals surface area contributed by atoms with E-state index >= 15 is 0 Å². The summed E-state index contributed by atoms with van der Waals surface area (Å²) in [5.41, 5.74) is 6.20. The van der Waals surface area contributed by atoms with E-state index in [1.54, 1.807) is 0 Å². The summed E-state index contributed by atoms with van der Waals surface area (Å²) in [7, 11) is 0. The maximum absolute atomic E-state index is 13.2. The molecule has 1 saturated heterocycles. The fraction of sp³-hybridized carbons (Fsp3) is 0.538. The van der Waals surface area contributed by atoms with Crippen molar-refractivity contribution < 1.29 is 19.7 Å². The lowest BCUT2D eigenvalue weighted by atomic mass is 9.76. The molecule has 1 aliphatic heterocycles. The second kappa shape index (κ2) is 9.17. The number of aliphatic hydroxyl groups is 2. The van der Waals surface area contributed by atoms with E-state index in [4.69, 9.17) is 4.74 Å². The molecule has 0 spiro atoms. The van der Waals surface area contributed by atoms with Gasteiger partial charge in [0.2, 0.25) is 0 Å². The highest BCUT2D eigenvalue weighted by Gasteiger charge is 2.32. The van der Waals surface area contributed by atoms with Crippen molar-refractivity contribution >= 4 is 22.5 Å². The highest BCUT2D eigenvalue weighted by atomic mass is 16.5. The van der Waals surface area contributed by atoms with Gasteiger partial charge in [-0.1, -0.05) is 19.9 Å². The van der Waals surface area contributed by atoms with Crippen LogP contribution >= 0.6 is 0 Å². The number of nitrogens with zero attached hydrogens (tertiary/aromatic N) is 2. The van der Waals surface area contributed by atoms with Crippen LogP contribution in [0.1, 0.15) is 44.4 Å². The van der Waals surface area contributed by atoms with E-state index in [0.717, 1.165) is 54.4 Å². The average molecular weight is 467 g/mol. The van der Waals surface area contributed by atoms with Crippen LogP contribution in [0.2, 0.25) is 0 Å². The summed E-state index contributed by atoms with van der Waals surface area (Å²) < 4.78 is 5.45. The quantitative estimate of drug-likeness (QED) is 0.446. The third kappa shape index (κ3) is 4.37. The van der Waals surface area contributed by atoms with E-state index < -0.39 is 12.0 Å². The molecule has 0 radical (unpaired) electrons. The first-order chi connectivity index (χ1) is 16.4. The van der Waals surface area contributed by atoms with Gasteiger partial charge in [0.05, 0.1) is 18.9 Å². The summed E-state index contributed by atoms with van der Waals surface area (Å²) in [5, 5.41) is 29.2. The SMILES string of the molecule is CC1(C)CCc2c(-c3cc4ccc(N(CCO)C(=O)C(O)C5CCCOC5)cc4[nH]3)n[nH]c2C1. The van der Waals surface area contributed by atoms with Crippen molar-refractivity contribution in [3.63, 3.8) is 0 Å². The van der Waals surface area contributed by atoms with Gasteiger partial charge in [0.25, 0.3) is 5.91 Å². The zero-order valence-corrected chi connectivity index (χ0v) is 19.9. The molecule has 5 rings (SSSR count). The number of ether oxygens (including phenoxy) is 1. The van der Waals surface area contributed by atoms with Crippen molar-refractivity contribution in [3.8, 4) is 11.4 Å². The smallest absolute Gasteiger partial charge is 0.256 e. The number of amides is 1. The molecule has 2 unspecified atom stereocenters. The molecule has 1 aliphatic carbocycles. The van der Waals surface area contributed by atoms with Gasteiger partial charge in [-0.15, -0.1) is 0 Å². The number of fused-ring (bicyclic) bond motifs is 2. The second-order valence-electron chi connectivity index (χ2n) is 10.5. The summed E-state index contributed by atoms with van der Waals surface area (Å²) in [6.45, 7) is 5.55. The number of H-pyrrole nitrogens is 2. The Bertz CT molecular complexity index is 1170. The Balaban J connectivity index is 1.42. The van der Waals surface area contributed by atoms with Crippen LogP contribution in [0.25, 0.3) is 22.3 Å². The number of nitrogens with one attached hydrogen (secondary N) is 2. The number of benzene rings is 1. The molecule has 3 heterocycles. The van der Waals surface area contributed by atoms with Crippen molar-refractivity contribution in [2.24, 2.45) is 11.3 Å². The van der Waals surface area contributed by atoms with Gasteiger partial charge in [-0.05, 0) is 55.7 Å². The lowest BCUT2D eigenvalue weighted by Crippen LogP contribution is -2.46. The van der Waals surface area contributed by atoms with Gasteiger partial charge in [0, 0.05) is 46.9 Å². The number of hydrogen-bond donors (Lipinski definition) is 4. The number of hydrogen-bond acceptors (Lipinski definition) is 5. The Hall–Kier alpha value is -2.68. The first-order valence-electron chi connectivity index (χ1n) is 12.2. The Morgan fingerprint density at radius 1 is 1.35 bits per heavy atom. The lowest BCUT2D eigenvalue weighted by Gasteiger charge is -2.30. The third-order valence-electron chi connectivity index (χ3n) is 7.32. The maximum Gasteiger partial charge on any atom is 0.256 e. The minimum atomic E-state index is -1.15. The lowest BCUT2D eigenvalue weighted by molar-refractivity contribution is -0.132. The Morgan fingerprint density at radius 3 is 2.97 bits per heavy atom. The van der Waals surface area contributed by atoms with E-state index in [-0.39, 0.29) is 24.5 Å². The molecule has 3 aromatic rings. The first kappa shape index (κ1) is 23.1. The van der Waals surface area contributed by atoms with Crippen LogP contribution in [-0.2, 0) is 22.4 Å². The van der Waals surface area contributed by atoms with Crippen molar-refractivity contribution in [1.82, 2.24) is 15.2 Å². The summed E-state index contributed by atoms with van der Waals surface area (Å²) >= 11 is 0. The number of aromatic amines is 2. The first-order valence-corrected chi connectivity index (χ1v) is 12.2. The van der Waals surface area contributed by atoms with Crippen LogP contribution in [0.3, 0.4) is 0 Å². The maximum atomic E-state index is 13.2. The molecule has 0 saturated carbocycles. The fourth-order valence-electron chi connectivity index (χ4n) is 5.32. The van der Waals surface area contributed by atoms with Gasteiger partial charge in [0.15, 0.2) is 0 Å². The van der Waals surface area contributed by atoms with Crippen molar-refractivity contribution in [3.05, 3.63) is 35.5 Å². The van der Waals surface area contributed by atoms with Gasteiger partial charge in [-0.25, -0.2) is 0 Å². The normalized spacial score (nSPS) is 20.8. The topological polar surface area (TPSA) is 114 Å². The van der Waals surface area contributed by atoms with E-state index in [1.807, 2.05) is 18.2 Å². The molecule has 1 fully saturated rings. The van der Waals surface area contributed by atoms with Gasteiger partial charge >= 0.3 is 0 Å². The van der Waals surface area contributed by atoms with E-state index in [9.17, 15) is 15.0 Å². The molecule has 8 nitrogen and oxygen atoms in total. The number of carbonyl (C=O) groups excluding carboxylic acids is 1. The van der Waals surface area contributed by atoms with E-state index in [2.05, 4.69) is 35.1 Å². The van der Waals surface area contributed by atoms with Crippen molar-refractivity contribution in [1.29, 1.82) is 0 Å². The number of rotatable bonds is 6. The third-order valence-corrected chi connectivity index (χ3v) is 7.32. The molecule has 1 aromatic carbocycles. The Morgan fingerprint density at radius 2 is 2.21 bits per heavy atom. The summed E-state index contributed by atoms with van der Waals surface area (Å²) in [4.78, 5) is 18.1. The molecule has 2 atom stereocenters. The van der Waals surface area contributed by atoms with E-state index in [1.165, 1.54) is 16.2 Å². The van der Waals surface area contributed by atoms with Gasteiger partial charge < -0.3 is 24.8 Å². The van der Waals surface area contributed by atoms with Crippen LogP contribution in [-0.4, -0.2) is 63.8 Å². The fourth-order valence-corrected chi connectivity index (χ4v) is 5.32. The molecule has 34 heavy (non-hydrogen) atoms. The summed E-state index contributed by atoms with van der Waals surface area (Å²) in [6.07, 6.45) is 3.55. The largest absolute Gasteiger partial charge is 0.395 e. The standard InChI is InChI=1S/C26H34N4O4/c1-26(2)8-7-19-22(14-26)28-29-23(19)21-12-16-5-6-18(13-20(16)27-21)30(9-10-31)25(33)24(32)17-4-3-11-34-15-17/h5-6,12-13,17,24,27,31-32H,3-4,7-11,14-15H2,1-2H3,(H,28,29). The molecular formula is C26H34N4O4. The molecule has 0 bridgehead atoms. The minimum absolute atomic E-state index is 0.116. The predicted octanol–water partition coefficient (Wildman–Crippen LogP) is 3.19. The highest BCUT2D eigenvalue weighted by molar-refractivity contribution is 5.99. The van der Waals surface area contributed by atoms with Crippen LogP contribution < -0.4 is 4.90 Å². The molecule has 2 aliphatic rings. The molecule has 182 valence electrons. The van der Waals surface area contributed by atoms with Gasteiger partial charge in [-0.2, -0.15) is 5.10 Å². The van der Waals surface area contributed by atoms with Crippen molar-refractivity contribution in [2.45, 2.75) is 52.1 Å². The monoisotopic (exact) mass is 466 g/mol. The van der Waals surface area contributed by atoms with Crippen molar-refractivity contribution in [2.75, 3.05) is 31.3 Å². The average Bonchev–Trinajstić information content (AvgIpc) is 3.44. The zero-order chi connectivity index (χ0) is 23.9. The number of aromatic nitrogens is 3. The second-order valence-corrected chi connectivity index (χ2v) is 10.5. The summed E-state index contributed by atoms with van der Waals surface area (Å²) in [6, 6.07) is 7.81. The Labute approximate surface area is 199 Å². The Kier molecular flexibility index (Phi) is 6.22. The van der Waals surface area contributed by atoms with Gasteiger partial charge in [-0.3, -0.25) is 9.89 Å².